The van der Waals surface area contributed by atoms with Gasteiger partial charge in [0.05, 0.1) is 26.0 Å². The summed E-state index contributed by atoms with van der Waals surface area (Å²) in [5.41, 5.74) is 1.37. The minimum atomic E-state index is -0.171. The number of rotatable bonds is 9. The monoisotopic (exact) mass is 392 g/mol. The average molecular weight is 392 g/mol. The fourth-order valence-electron chi connectivity index (χ4n) is 2.67. The van der Waals surface area contributed by atoms with Crippen LogP contribution in [0.3, 0.4) is 0 Å². The summed E-state index contributed by atoms with van der Waals surface area (Å²) in [5, 5.41) is 3.12. The zero-order valence-electron chi connectivity index (χ0n) is 16.5. The first kappa shape index (κ1) is 20.1. The second kappa shape index (κ2) is 10.1. The molecule has 7 nitrogen and oxygen atoms in total. The van der Waals surface area contributed by atoms with Gasteiger partial charge < -0.3 is 19.7 Å². The lowest BCUT2D eigenvalue weighted by molar-refractivity contribution is 0.0779. The summed E-state index contributed by atoms with van der Waals surface area (Å²) in [5.74, 6) is 1.97. The van der Waals surface area contributed by atoms with Crippen molar-refractivity contribution in [2.75, 3.05) is 32.6 Å². The number of amides is 1. The number of anilines is 1. The predicted octanol–water partition coefficient (Wildman–Crippen LogP) is 3.25. The molecule has 0 atom stereocenters. The van der Waals surface area contributed by atoms with E-state index in [0.717, 1.165) is 17.1 Å². The van der Waals surface area contributed by atoms with Crippen molar-refractivity contribution < 1.29 is 14.3 Å². The van der Waals surface area contributed by atoms with Crippen molar-refractivity contribution in [2.45, 2.75) is 6.54 Å². The van der Waals surface area contributed by atoms with E-state index in [9.17, 15) is 4.79 Å². The van der Waals surface area contributed by atoms with Crippen molar-refractivity contribution in [3.8, 4) is 11.5 Å². The number of ether oxygens (including phenoxy) is 2. The first-order valence-electron chi connectivity index (χ1n) is 9.28. The molecule has 0 aliphatic rings. The first-order valence-corrected chi connectivity index (χ1v) is 9.28. The fourth-order valence-corrected chi connectivity index (χ4v) is 2.67. The second-order valence-electron chi connectivity index (χ2n) is 6.38. The van der Waals surface area contributed by atoms with Crippen LogP contribution in [0.2, 0.25) is 0 Å². The van der Waals surface area contributed by atoms with Gasteiger partial charge in [0.15, 0.2) is 0 Å². The SMILES string of the molecule is COc1ccc(OCCNc2cnc(C(=O)N(C)Cc3ccccc3)cn2)cc1. The Bertz CT molecular complexity index is 900. The summed E-state index contributed by atoms with van der Waals surface area (Å²) < 4.78 is 10.8. The van der Waals surface area contributed by atoms with E-state index in [4.69, 9.17) is 9.47 Å². The van der Waals surface area contributed by atoms with E-state index in [2.05, 4.69) is 15.3 Å². The maximum absolute atomic E-state index is 12.5. The highest BCUT2D eigenvalue weighted by Crippen LogP contribution is 2.16. The Morgan fingerprint density at radius 3 is 2.38 bits per heavy atom. The number of methoxy groups -OCH3 is 1. The molecule has 1 amide bonds. The Morgan fingerprint density at radius 1 is 1.00 bits per heavy atom. The Hall–Kier alpha value is -3.61. The standard InChI is InChI=1S/C22H24N4O3/c1-26(16-17-6-4-3-5-7-17)22(27)20-14-25-21(15-24-20)23-12-13-29-19-10-8-18(28-2)9-11-19/h3-11,14-15H,12-13,16H2,1-2H3,(H,23,25). The highest BCUT2D eigenvalue weighted by molar-refractivity contribution is 5.91. The minimum absolute atomic E-state index is 0.171. The third kappa shape index (κ3) is 5.93. The molecule has 1 N–H and O–H groups in total. The molecule has 1 heterocycles. The lowest BCUT2D eigenvalue weighted by Crippen LogP contribution is -2.27. The van der Waals surface area contributed by atoms with E-state index in [0.29, 0.717) is 31.2 Å². The average Bonchev–Trinajstić information content (AvgIpc) is 2.77. The van der Waals surface area contributed by atoms with Crippen molar-refractivity contribution >= 4 is 11.7 Å². The van der Waals surface area contributed by atoms with Crippen LogP contribution in [0.25, 0.3) is 0 Å². The zero-order valence-corrected chi connectivity index (χ0v) is 16.5. The molecule has 2 aromatic carbocycles. The quantitative estimate of drug-likeness (QED) is 0.564. The van der Waals surface area contributed by atoms with Crippen LogP contribution in [0.4, 0.5) is 5.82 Å². The summed E-state index contributed by atoms with van der Waals surface area (Å²) in [7, 11) is 3.38. The number of aromatic nitrogens is 2. The highest BCUT2D eigenvalue weighted by Gasteiger charge is 2.14. The molecule has 0 saturated heterocycles. The summed E-state index contributed by atoms with van der Waals surface area (Å²) in [6, 6.07) is 17.2. The molecule has 7 heteroatoms. The molecule has 0 radical (unpaired) electrons. The number of benzene rings is 2. The molecule has 1 aromatic heterocycles. The van der Waals surface area contributed by atoms with Gasteiger partial charge in [0.1, 0.15) is 29.6 Å². The largest absolute Gasteiger partial charge is 0.497 e. The maximum Gasteiger partial charge on any atom is 0.274 e. The zero-order chi connectivity index (χ0) is 20.5. The van der Waals surface area contributed by atoms with Crippen molar-refractivity contribution in [1.82, 2.24) is 14.9 Å². The van der Waals surface area contributed by atoms with E-state index in [1.165, 1.54) is 6.20 Å². The van der Waals surface area contributed by atoms with Crippen molar-refractivity contribution in [2.24, 2.45) is 0 Å². The highest BCUT2D eigenvalue weighted by atomic mass is 16.5. The van der Waals surface area contributed by atoms with Gasteiger partial charge in [-0.25, -0.2) is 9.97 Å². The van der Waals surface area contributed by atoms with Crippen LogP contribution in [0.5, 0.6) is 11.5 Å². The van der Waals surface area contributed by atoms with E-state index < -0.39 is 0 Å². The molecule has 150 valence electrons. The van der Waals surface area contributed by atoms with Gasteiger partial charge >= 0.3 is 0 Å². The van der Waals surface area contributed by atoms with Crippen LogP contribution in [0, 0.1) is 0 Å². The van der Waals surface area contributed by atoms with Gasteiger partial charge in [-0.05, 0) is 29.8 Å². The summed E-state index contributed by atoms with van der Waals surface area (Å²) in [6.45, 7) is 1.54. The van der Waals surface area contributed by atoms with Crippen molar-refractivity contribution in [3.05, 3.63) is 78.2 Å². The number of carbonyl (C=O) groups is 1. The Labute approximate surface area is 170 Å². The summed E-state index contributed by atoms with van der Waals surface area (Å²) in [4.78, 5) is 22.6. The number of hydrogen-bond acceptors (Lipinski definition) is 6. The molecule has 0 spiro atoms. The molecule has 0 fully saturated rings. The van der Waals surface area contributed by atoms with Gasteiger partial charge in [-0.3, -0.25) is 4.79 Å². The first-order chi connectivity index (χ1) is 14.2. The summed E-state index contributed by atoms with van der Waals surface area (Å²) in [6.07, 6.45) is 3.04. The van der Waals surface area contributed by atoms with E-state index in [-0.39, 0.29) is 5.91 Å². The third-order valence-electron chi connectivity index (χ3n) is 4.22. The second-order valence-corrected chi connectivity index (χ2v) is 6.38. The Kier molecular flexibility index (Phi) is 7.00. The topological polar surface area (TPSA) is 76.6 Å². The number of hydrogen-bond donors (Lipinski definition) is 1. The van der Waals surface area contributed by atoms with Crippen LogP contribution in [0.1, 0.15) is 16.1 Å². The van der Waals surface area contributed by atoms with Crippen molar-refractivity contribution in [1.29, 1.82) is 0 Å². The van der Waals surface area contributed by atoms with Crippen molar-refractivity contribution in [3.63, 3.8) is 0 Å². The maximum atomic E-state index is 12.5. The molecular weight excluding hydrogens is 368 g/mol. The number of nitrogens with one attached hydrogen (secondary N) is 1. The van der Waals surface area contributed by atoms with Crippen LogP contribution in [-0.2, 0) is 6.54 Å². The molecule has 0 aliphatic heterocycles. The van der Waals surface area contributed by atoms with Gasteiger partial charge in [-0.1, -0.05) is 30.3 Å². The Morgan fingerprint density at radius 2 is 1.72 bits per heavy atom. The molecule has 29 heavy (non-hydrogen) atoms. The van der Waals surface area contributed by atoms with Crippen LogP contribution >= 0.6 is 0 Å². The number of carbonyl (C=O) groups excluding carboxylic acids is 1. The smallest absolute Gasteiger partial charge is 0.274 e. The normalized spacial score (nSPS) is 10.3. The van der Waals surface area contributed by atoms with Gasteiger partial charge in [0.25, 0.3) is 5.91 Å². The van der Waals surface area contributed by atoms with Gasteiger partial charge in [0, 0.05) is 13.6 Å². The minimum Gasteiger partial charge on any atom is -0.497 e. The van der Waals surface area contributed by atoms with E-state index in [1.807, 2.05) is 54.6 Å². The molecule has 0 bridgehead atoms. The van der Waals surface area contributed by atoms with Crippen LogP contribution < -0.4 is 14.8 Å². The molecule has 3 aromatic rings. The molecule has 0 unspecified atom stereocenters. The van der Waals surface area contributed by atoms with Gasteiger partial charge in [0.2, 0.25) is 0 Å². The fraction of sp³-hybridized carbons (Fsp3) is 0.227. The Balaban J connectivity index is 1.44. The summed E-state index contributed by atoms with van der Waals surface area (Å²) >= 11 is 0. The molecular formula is C22H24N4O3. The van der Waals surface area contributed by atoms with Gasteiger partial charge in [-0.15, -0.1) is 0 Å². The molecule has 0 aliphatic carbocycles. The van der Waals surface area contributed by atoms with Crippen LogP contribution in [-0.4, -0.2) is 48.1 Å². The lowest BCUT2D eigenvalue weighted by atomic mass is 10.2. The van der Waals surface area contributed by atoms with E-state index in [1.54, 1.807) is 25.3 Å². The van der Waals surface area contributed by atoms with E-state index >= 15 is 0 Å². The van der Waals surface area contributed by atoms with Gasteiger partial charge in [-0.2, -0.15) is 0 Å². The number of nitrogens with zero attached hydrogens (tertiary/aromatic N) is 3. The predicted molar refractivity (Wildman–Crippen MR) is 111 cm³/mol. The lowest BCUT2D eigenvalue weighted by Gasteiger charge is -2.16. The molecule has 0 saturated carbocycles. The molecule has 3 rings (SSSR count). The third-order valence-corrected chi connectivity index (χ3v) is 4.22. The van der Waals surface area contributed by atoms with Crippen LogP contribution in [0.15, 0.2) is 67.0 Å².